The van der Waals surface area contributed by atoms with E-state index in [0.29, 0.717) is 37.0 Å². The lowest BCUT2D eigenvalue weighted by molar-refractivity contribution is 0.170. The fourth-order valence-electron chi connectivity index (χ4n) is 1.68. The smallest absolute Gasteiger partial charge is 0.165 e. The molecule has 0 saturated heterocycles. The number of ether oxygens (including phenoxy) is 3. The van der Waals surface area contributed by atoms with Crippen LogP contribution in [0.25, 0.3) is 0 Å². The summed E-state index contributed by atoms with van der Waals surface area (Å²) in [5.74, 6) is 2.07. The van der Waals surface area contributed by atoms with Crippen LogP contribution >= 0.6 is 0 Å². The van der Waals surface area contributed by atoms with Crippen molar-refractivity contribution >= 4 is 0 Å². The SMILES string of the molecule is COc1cc2c(cc1[C@H](N)CN)OCCO2. The topological polar surface area (TPSA) is 79.7 Å². The third kappa shape index (κ3) is 1.91. The van der Waals surface area contributed by atoms with E-state index in [-0.39, 0.29) is 6.04 Å². The van der Waals surface area contributed by atoms with Gasteiger partial charge < -0.3 is 25.7 Å². The van der Waals surface area contributed by atoms with Crippen LogP contribution in [0.4, 0.5) is 0 Å². The average Bonchev–Trinajstić information content (AvgIpc) is 2.36. The van der Waals surface area contributed by atoms with Gasteiger partial charge in [0.25, 0.3) is 0 Å². The molecular formula is C11H16N2O3. The summed E-state index contributed by atoms with van der Waals surface area (Å²) in [5, 5.41) is 0. The average molecular weight is 224 g/mol. The van der Waals surface area contributed by atoms with Gasteiger partial charge in [0.15, 0.2) is 11.5 Å². The predicted octanol–water partition coefficient (Wildman–Crippen LogP) is 0.425. The van der Waals surface area contributed by atoms with E-state index in [0.717, 1.165) is 5.56 Å². The zero-order valence-corrected chi connectivity index (χ0v) is 9.23. The minimum absolute atomic E-state index is 0.259. The lowest BCUT2D eigenvalue weighted by Gasteiger charge is -2.22. The molecule has 0 saturated carbocycles. The van der Waals surface area contributed by atoms with E-state index in [1.165, 1.54) is 0 Å². The molecule has 1 heterocycles. The first kappa shape index (κ1) is 11.0. The van der Waals surface area contributed by atoms with Gasteiger partial charge in [-0.3, -0.25) is 0 Å². The number of methoxy groups -OCH3 is 1. The van der Waals surface area contributed by atoms with Gasteiger partial charge in [-0.15, -0.1) is 0 Å². The Balaban J connectivity index is 2.43. The second-order valence-electron chi connectivity index (χ2n) is 3.58. The van der Waals surface area contributed by atoms with Crippen molar-refractivity contribution in [3.8, 4) is 17.2 Å². The molecule has 0 aliphatic carbocycles. The maximum absolute atomic E-state index is 5.90. The maximum atomic E-state index is 5.90. The van der Waals surface area contributed by atoms with Crippen LogP contribution in [0.2, 0.25) is 0 Å². The number of benzene rings is 1. The van der Waals surface area contributed by atoms with Gasteiger partial charge in [-0.05, 0) is 6.07 Å². The molecule has 1 aromatic rings. The highest BCUT2D eigenvalue weighted by atomic mass is 16.6. The van der Waals surface area contributed by atoms with Gasteiger partial charge in [0, 0.05) is 24.2 Å². The van der Waals surface area contributed by atoms with Gasteiger partial charge in [0.1, 0.15) is 19.0 Å². The second-order valence-corrected chi connectivity index (χ2v) is 3.58. The third-order valence-electron chi connectivity index (χ3n) is 2.55. The zero-order chi connectivity index (χ0) is 11.5. The molecule has 0 radical (unpaired) electrons. The summed E-state index contributed by atoms with van der Waals surface area (Å²) in [7, 11) is 1.60. The highest BCUT2D eigenvalue weighted by Gasteiger charge is 2.19. The van der Waals surface area contributed by atoms with Crippen LogP contribution in [-0.4, -0.2) is 26.9 Å². The maximum Gasteiger partial charge on any atom is 0.165 e. The van der Waals surface area contributed by atoms with Crippen molar-refractivity contribution < 1.29 is 14.2 Å². The van der Waals surface area contributed by atoms with E-state index in [1.807, 2.05) is 6.07 Å². The zero-order valence-electron chi connectivity index (χ0n) is 9.23. The van der Waals surface area contributed by atoms with Crippen LogP contribution in [0.3, 0.4) is 0 Å². The van der Waals surface area contributed by atoms with E-state index >= 15 is 0 Å². The number of hydrogen-bond acceptors (Lipinski definition) is 5. The van der Waals surface area contributed by atoms with Gasteiger partial charge in [0.2, 0.25) is 0 Å². The molecule has 0 spiro atoms. The molecule has 5 nitrogen and oxygen atoms in total. The number of hydrogen-bond donors (Lipinski definition) is 2. The predicted molar refractivity (Wildman–Crippen MR) is 60.0 cm³/mol. The molecule has 16 heavy (non-hydrogen) atoms. The lowest BCUT2D eigenvalue weighted by Crippen LogP contribution is -2.22. The van der Waals surface area contributed by atoms with Crippen molar-refractivity contribution in [1.82, 2.24) is 0 Å². The summed E-state index contributed by atoms with van der Waals surface area (Å²) >= 11 is 0. The Labute approximate surface area is 94.3 Å². The van der Waals surface area contributed by atoms with Crippen molar-refractivity contribution in [1.29, 1.82) is 0 Å². The standard InChI is InChI=1S/C11H16N2O3/c1-14-9-5-11-10(15-2-3-16-11)4-7(9)8(13)6-12/h4-5,8H,2-3,6,12-13H2,1H3/t8-/m1/s1. The van der Waals surface area contributed by atoms with E-state index in [4.69, 9.17) is 25.7 Å². The van der Waals surface area contributed by atoms with Crippen LogP contribution in [0, 0.1) is 0 Å². The third-order valence-corrected chi connectivity index (χ3v) is 2.55. The summed E-state index contributed by atoms with van der Waals surface area (Å²) in [5.41, 5.74) is 12.3. The van der Waals surface area contributed by atoms with Gasteiger partial charge in [-0.2, -0.15) is 0 Å². The molecule has 0 amide bonds. The molecule has 2 rings (SSSR count). The molecule has 5 heteroatoms. The number of nitrogens with two attached hydrogens (primary N) is 2. The second kappa shape index (κ2) is 4.59. The molecule has 4 N–H and O–H groups in total. The molecule has 88 valence electrons. The van der Waals surface area contributed by atoms with Crippen molar-refractivity contribution in [2.75, 3.05) is 26.9 Å². The first-order chi connectivity index (χ1) is 7.76. The van der Waals surface area contributed by atoms with Crippen LogP contribution < -0.4 is 25.7 Å². The van der Waals surface area contributed by atoms with E-state index < -0.39 is 0 Å². The van der Waals surface area contributed by atoms with E-state index in [9.17, 15) is 0 Å². The van der Waals surface area contributed by atoms with Gasteiger partial charge >= 0.3 is 0 Å². The summed E-state index contributed by atoms with van der Waals surface area (Å²) in [4.78, 5) is 0. The number of rotatable bonds is 3. The molecule has 0 unspecified atom stereocenters. The number of fused-ring (bicyclic) bond motifs is 1. The molecule has 1 aliphatic heterocycles. The minimum Gasteiger partial charge on any atom is -0.496 e. The summed E-state index contributed by atoms with van der Waals surface area (Å²) in [6, 6.07) is 3.37. The van der Waals surface area contributed by atoms with Crippen LogP contribution in [-0.2, 0) is 0 Å². The lowest BCUT2D eigenvalue weighted by atomic mass is 10.1. The first-order valence-corrected chi connectivity index (χ1v) is 5.19. The van der Waals surface area contributed by atoms with Gasteiger partial charge in [-0.25, -0.2) is 0 Å². The molecule has 1 aliphatic rings. The Hall–Kier alpha value is -1.46. The first-order valence-electron chi connectivity index (χ1n) is 5.19. The van der Waals surface area contributed by atoms with Crippen LogP contribution in [0.5, 0.6) is 17.2 Å². The highest BCUT2D eigenvalue weighted by molar-refractivity contribution is 5.52. The van der Waals surface area contributed by atoms with E-state index in [2.05, 4.69) is 0 Å². The van der Waals surface area contributed by atoms with Crippen LogP contribution in [0.15, 0.2) is 12.1 Å². The molecule has 0 aromatic heterocycles. The largest absolute Gasteiger partial charge is 0.496 e. The Bertz CT molecular complexity index is 382. The molecule has 0 fully saturated rings. The molecule has 1 aromatic carbocycles. The Morgan fingerprint density at radius 1 is 1.31 bits per heavy atom. The van der Waals surface area contributed by atoms with Crippen molar-refractivity contribution in [2.24, 2.45) is 11.5 Å². The van der Waals surface area contributed by atoms with Crippen molar-refractivity contribution in [3.63, 3.8) is 0 Å². The van der Waals surface area contributed by atoms with Crippen LogP contribution in [0.1, 0.15) is 11.6 Å². The van der Waals surface area contributed by atoms with Crippen molar-refractivity contribution in [3.05, 3.63) is 17.7 Å². The summed E-state index contributed by atoms with van der Waals surface area (Å²) in [6.07, 6.45) is 0. The monoisotopic (exact) mass is 224 g/mol. The fourth-order valence-corrected chi connectivity index (χ4v) is 1.68. The summed E-state index contributed by atoms with van der Waals surface area (Å²) in [6.45, 7) is 1.46. The van der Waals surface area contributed by atoms with E-state index in [1.54, 1.807) is 13.2 Å². The highest BCUT2D eigenvalue weighted by Crippen LogP contribution is 2.38. The van der Waals surface area contributed by atoms with Gasteiger partial charge in [0.05, 0.1) is 7.11 Å². The fraction of sp³-hybridized carbons (Fsp3) is 0.455. The van der Waals surface area contributed by atoms with Crippen molar-refractivity contribution in [2.45, 2.75) is 6.04 Å². The Morgan fingerprint density at radius 3 is 2.50 bits per heavy atom. The summed E-state index contributed by atoms with van der Waals surface area (Å²) < 4.78 is 16.2. The minimum atomic E-state index is -0.259. The molecular weight excluding hydrogens is 208 g/mol. The van der Waals surface area contributed by atoms with Gasteiger partial charge in [-0.1, -0.05) is 0 Å². The molecule has 0 bridgehead atoms. The molecule has 1 atom stereocenters. The quantitative estimate of drug-likeness (QED) is 0.778. The Morgan fingerprint density at radius 2 is 1.94 bits per heavy atom. The Kier molecular flexibility index (Phi) is 3.17. The normalized spacial score (nSPS) is 15.7.